The Kier molecular flexibility index (Phi) is 9.61. The molecule has 2 N–H and O–H groups in total. The lowest BCUT2D eigenvalue weighted by molar-refractivity contribution is 0.0505. The maximum absolute atomic E-state index is 12.6. The van der Waals surface area contributed by atoms with E-state index in [9.17, 15) is 9.59 Å². The molecule has 0 fully saturated rings. The highest BCUT2D eigenvalue weighted by Gasteiger charge is 2.12. The molecule has 1 amide bonds. The topological polar surface area (TPSA) is 76.7 Å². The van der Waals surface area contributed by atoms with Gasteiger partial charge in [-0.25, -0.2) is 4.79 Å². The van der Waals surface area contributed by atoms with Crippen LogP contribution in [0.1, 0.15) is 39.6 Å². The number of hydrogen-bond donors (Lipinski definition) is 2. The Bertz CT molecular complexity index is 1140. The Labute approximate surface area is 212 Å². The summed E-state index contributed by atoms with van der Waals surface area (Å²) in [6.45, 7) is 2.84. The number of amides is 1. The number of nitrogens with one attached hydrogen (secondary N) is 2. The zero-order valence-corrected chi connectivity index (χ0v) is 21.1. The third-order valence-electron chi connectivity index (χ3n) is 4.73. The summed E-state index contributed by atoms with van der Waals surface area (Å²) in [6.07, 6.45) is 1.55. The first-order chi connectivity index (χ1) is 16.5. The summed E-state index contributed by atoms with van der Waals surface area (Å²) < 4.78 is 11.6. The number of halogens is 1. The second-order valence-electron chi connectivity index (χ2n) is 7.35. The molecule has 6 nitrogen and oxygen atoms in total. The number of thiocarbonyl (C=S) groups is 1. The maximum atomic E-state index is 12.6. The largest absolute Gasteiger partial charge is 0.492 e. The standard InChI is InChI=1S/C26H25BrN2O4S/c1-2-15-33-25(31)19-8-11-21(12-9-19)28-26(34)29-24(30)20-10-13-23(22(27)17-20)32-16-14-18-6-4-3-5-7-18/h3-13,17H,2,14-16H2,1H3,(H2,28,29,30,34). The van der Waals surface area contributed by atoms with Crippen LogP contribution < -0.4 is 15.4 Å². The van der Waals surface area contributed by atoms with E-state index in [4.69, 9.17) is 21.7 Å². The van der Waals surface area contributed by atoms with Crippen molar-refractivity contribution >= 4 is 50.8 Å². The first kappa shape index (κ1) is 25.4. The molecule has 0 saturated heterocycles. The fourth-order valence-corrected chi connectivity index (χ4v) is 3.69. The third-order valence-corrected chi connectivity index (χ3v) is 5.55. The van der Waals surface area contributed by atoms with E-state index in [0.717, 1.165) is 12.8 Å². The monoisotopic (exact) mass is 540 g/mol. The minimum absolute atomic E-state index is 0.144. The Balaban J connectivity index is 1.50. The average molecular weight is 541 g/mol. The molecule has 34 heavy (non-hydrogen) atoms. The van der Waals surface area contributed by atoms with Gasteiger partial charge in [-0.2, -0.15) is 0 Å². The molecule has 0 atom stereocenters. The van der Waals surface area contributed by atoms with Gasteiger partial charge in [-0.3, -0.25) is 10.1 Å². The van der Waals surface area contributed by atoms with Crippen LogP contribution in [0.15, 0.2) is 77.3 Å². The number of carbonyl (C=O) groups excluding carboxylic acids is 2. The van der Waals surface area contributed by atoms with Gasteiger partial charge in [0.05, 0.1) is 23.2 Å². The summed E-state index contributed by atoms with van der Waals surface area (Å²) in [6, 6.07) is 21.9. The molecule has 176 valence electrons. The van der Waals surface area contributed by atoms with Crippen molar-refractivity contribution in [3.8, 4) is 5.75 Å². The van der Waals surface area contributed by atoms with E-state index >= 15 is 0 Å². The molecule has 0 heterocycles. The van der Waals surface area contributed by atoms with Gasteiger partial charge in [0.15, 0.2) is 5.11 Å². The quantitative estimate of drug-likeness (QED) is 0.265. The zero-order chi connectivity index (χ0) is 24.3. The van der Waals surface area contributed by atoms with E-state index in [1.165, 1.54) is 5.56 Å². The van der Waals surface area contributed by atoms with Gasteiger partial charge in [-0.1, -0.05) is 37.3 Å². The summed E-state index contributed by atoms with van der Waals surface area (Å²) in [7, 11) is 0. The highest BCUT2D eigenvalue weighted by atomic mass is 79.9. The van der Waals surface area contributed by atoms with Gasteiger partial charge in [0.1, 0.15) is 5.75 Å². The predicted octanol–water partition coefficient (Wildman–Crippen LogP) is 5.76. The molecule has 0 aliphatic rings. The third kappa shape index (κ3) is 7.67. The smallest absolute Gasteiger partial charge is 0.338 e. The van der Waals surface area contributed by atoms with Crippen molar-refractivity contribution in [2.24, 2.45) is 0 Å². The van der Waals surface area contributed by atoms with Crippen molar-refractivity contribution in [1.29, 1.82) is 0 Å². The lowest BCUT2D eigenvalue weighted by atomic mass is 10.2. The van der Waals surface area contributed by atoms with Crippen LogP contribution in [0.2, 0.25) is 0 Å². The van der Waals surface area contributed by atoms with Gasteiger partial charge in [0.25, 0.3) is 5.91 Å². The molecule has 0 saturated carbocycles. The van der Waals surface area contributed by atoms with E-state index in [1.807, 2.05) is 25.1 Å². The first-order valence-electron chi connectivity index (χ1n) is 10.8. The Morgan fingerprint density at radius 3 is 2.32 bits per heavy atom. The van der Waals surface area contributed by atoms with Crippen LogP contribution >= 0.6 is 28.1 Å². The van der Waals surface area contributed by atoms with E-state index in [1.54, 1.807) is 42.5 Å². The first-order valence-corrected chi connectivity index (χ1v) is 12.0. The number of rotatable bonds is 9. The SMILES string of the molecule is CCCOC(=O)c1ccc(NC(=S)NC(=O)c2ccc(OCCc3ccccc3)c(Br)c2)cc1. The number of esters is 1. The lowest BCUT2D eigenvalue weighted by Crippen LogP contribution is -2.34. The zero-order valence-electron chi connectivity index (χ0n) is 18.7. The number of hydrogen-bond acceptors (Lipinski definition) is 5. The molecule has 0 spiro atoms. The van der Waals surface area contributed by atoms with Crippen molar-refractivity contribution in [3.63, 3.8) is 0 Å². The molecule has 8 heteroatoms. The number of ether oxygens (including phenoxy) is 2. The molecule has 0 unspecified atom stereocenters. The second kappa shape index (κ2) is 12.9. The van der Waals surface area contributed by atoms with Crippen molar-refractivity contribution in [2.75, 3.05) is 18.5 Å². The highest BCUT2D eigenvalue weighted by molar-refractivity contribution is 9.10. The minimum Gasteiger partial charge on any atom is -0.492 e. The normalized spacial score (nSPS) is 10.3. The van der Waals surface area contributed by atoms with Gasteiger partial charge in [-0.15, -0.1) is 0 Å². The minimum atomic E-state index is -0.373. The van der Waals surface area contributed by atoms with Crippen LogP contribution in [-0.4, -0.2) is 30.2 Å². The van der Waals surface area contributed by atoms with Crippen LogP contribution in [-0.2, 0) is 11.2 Å². The van der Waals surface area contributed by atoms with Crippen LogP contribution in [0, 0.1) is 0 Å². The molecule has 0 aromatic heterocycles. The van der Waals surface area contributed by atoms with Gasteiger partial charge >= 0.3 is 5.97 Å². The van der Waals surface area contributed by atoms with E-state index < -0.39 is 0 Å². The maximum Gasteiger partial charge on any atom is 0.338 e. The van der Waals surface area contributed by atoms with Gasteiger partial charge in [-0.05, 0) is 82.6 Å². The number of benzene rings is 3. The van der Waals surface area contributed by atoms with E-state index in [-0.39, 0.29) is 17.0 Å². The molecule has 0 bridgehead atoms. The van der Waals surface area contributed by atoms with Crippen molar-refractivity contribution in [1.82, 2.24) is 5.32 Å². The highest BCUT2D eigenvalue weighted by Crippen LogP contribution is 2.26. The van der Waals surface area contributed by atoms with E-state index in [2.05, 4.69) is 38.7 Å². The average Bonchev–Trinajstić information content (AvgIpc) is 2.84. The molecule has 0 aliphatic carbocycles. The van der Waals surface area contributed by atoms with Gasteiger partial charge < -0.3 is 14.8 Å². The summed E-state index contributed by atoms with van der Waals surface area (Å²) >= 11 is 8.71. The summed E-state index contributed by atoms with van der Waals surface area (Å²) in [5.41, 5.74) is 2.72. The molecule has 0 aliphatic heterocycles. The Hall–Kier alpha value is -3.23. The van der Waals surface area contributed by atoms with Crippen molar-refractivity contribution in [2.45, 2.75) is 19.8 Å². The van der Waals surface area contributed by atoms with Crippen LogP contribution in [0.25, 0.3) is 0 Å². The Morgan fingerprint density at radius 1 is 0.941 bits per heavy atom. The fraction of sp³-hybridized carbons (Fsp3) is 0.192. The van der Waals surface area contributed by atoms with Crippen LogP contribution in [0.3, 0.4) is 0 Å². The lowest BCUT2D eigenvalue weighted by Gasteiger charge is -2.12. The predicted molar refractivity (Wildman–Crippen MR) is 140 cm³/mol. The molecule has 3 aromatic carbocycles. The number of anilines is 1. The number of carbonyl (C=O) groups is 2. The molecular formula is C26H25BrN2O4S. The van der Waals surface area contributed by atoms with E-state index in [0.29, 0.717) is 40.3 Å². The van der Waals surface area contributed by atoms with Crippen LogP contribution in [0.4, 0.5) is 5.69 Å². The van der Waals surface area contributed by atoms with Gasteiger partial charge in [0, 0.05) is 17.7 Å². The summed E-state index contributed by atoms with van der Waals surface area (Å²) in [4.78, 5) is 24.5. The Morgan fingerprint density at radius 2 is 1.65 bits per heavy atom. The van der Waals surface area contributed by atoms with Gasteiger partial charge in [0.2, 0.25) is 0 Å². The van der Waals surface area contributed by atoms with Crippen molar-refractivity contribution in [3.05, 3.63) is 94.0 Å². The molecule has 0 radical (unpaired) electrons. The molecule has 3 rings (SSSR count). The van der Waals surface area contributed by atoms with Crippen molar-refractivity contribution < 1.29 is 19.1 Å². The molecular weight excluding hydrogens is 516 g/mol. The second-order valence-corrected chi connectivity index (χ2v) is 8.61. The summed E-state index contributed by atoms with van der Waals surface area (Å²) in [5, 5.41) is 5.73. The van der Waals surface area contributed by atoms with Crippen LogP contribution in [0.5, 0.6) is 5.75 Å². The fourth-order valence-electron chi connectivity index (χ4n) is 2.99. The molecule has 3 aromatic rings. The summed E-state index contributed by atoms with van der Waals surface area (Å²) in [5.74, 6) is -0.0677.